The molecule has 7 nitrogen and oxygen atoms in total. The first-order valence-corrected chi connectivity index (χ1v) is 6.48. The number of anilines is 1. The Kier molecular flexibility index (Phi) is 4.62. The maximum absolute atomic E-state index is 12.1. The van der Waals surface area contributed by atoms with Crippen molar-refractivity contribution in [2.24, 2.45) is 5.92 Å². The minimum Gasteiger partial charge on any atom is -0.383 e. The van der Waals surface area contributed by atoms with Crippen molar-refractivity contribution >= 4 is 17.8 Å². The summed E-state index contributed by atoms with van der Waals surface area (Å²) in [5.74, 6) is -0.362. The normalized spacial score (nSPS) is 20.0. The molecule has 2 atom stereocenters. The third-order valence-electron chi connectivity index (χ3n) is 3.27. The second kappa shape index (κ2) is 6.42. The monoisotopic (exact) mass is 278 g/mol. The highest BCUT2D eigenvalue weighted by molar-refractivity contribution is 5.96. The quantitative estimate of drug-likeness (QED) is 0.837. The van der Waals surface area contributed by atoms with Gasteiger partial charge in [-0.25, -0.2) is 9.97 Å². The third-order valence-corrected chi connectivity index (χ3v) is 3.27. The van der Waals surface area contributed by atoms with Crippen molar-refractivity contribution in [1.82, 2.24) is 14.9 Å². The number of methoxy groups -OCH3 is 1. The van der Waals surface area contributed by atoms with E-state index in [2.05, 4.69) is 15.3 Å². The second-order valence-electron chi connectivity index (χ2n) is 4.81. The van der Waals surface area contributed by atoms with Crippen LogP contribution in [0.1, 0.15) is 13.3 Å². The first-order chi connectivity index (χ1) is 9.61. The van der Waals surface area contributed by atoms with Gasteiger partial charge in [0.05, 0.1) is 18.6 Å². The van der Waals surface area contributed by atoms with Gasteiger partial charge in [0.2, 0.25) is 17.8 Å². The van der Waals surface area contributed by atoms with E-state index in [-0.39, 0.29) is 36.1 Å². The lowest BCUT2D eigenvalue weighted by Crippen LogP contribution is -2.38. The summed E-state index contributed by atoms with van der Waals surface area (Å²) in [7, 11) is 1.59. The van der Waals surface area contributed by atoms with Crippen LogP contribution in [-0.2, 0) is 14.3 Å². The van der Waals surface area contributed by atoms with Crippen LogP contribution in [0.5, 0.6) is 0 Å². The minimum absolute atomic E-state index is 0.0244. The number of ether oxygens (including phenoxy) is 1. The first-order valence-electron chi connectivity index (χ1n) is 6.48. The Labute approximate surface area is 117 Å². The molecule has 0 aromatic carbocycles. The molecule has 1 N–H and O–H groups in total. The Morgan fingerprint density at radius 1 is 1.55 bits per heavy atom. The number of likely N-dealkylation sites (tertiary alicyclic amines) is 1. The zero-order valence-electron chi connectivity index (χ0n) is 11.6. The molecule has 0 spiro atoms. The fourth-order valence-electron chi connectivity index (χ4n) is 2.24. The van der Waals surface area contributed by atoms with Crippen LogP contribution >= 0.6 is 0 Å². The molecule has 0 bridgehead atoms. The van der Waals surface area contributed by atoms with E-state index >= 15 is 0 Å². The van der Waals surface area contributed by atoms with Crippen LogP contribution in [0.15, 0.2) is 18.5 Å². The predicted molar refractivity (Wildman–Crippen MR) is 71.8 cm³/mol. The summed E-state index contributed by atoms with van der Waals surface area (Å²) in [6.07, 6.45) is 3.32. The SMILES string of the molecule is COC[C@@H](C)N1C[C@@H](C(=O)Nc2ncccn2)CC1=O. The Balaban J connectivity index is 1.94. The Hall–Kier alpha value is -2.02. The average molecular weight is 278 g/mol. The van der Waals surface area contributed by atoms with E-state index in [0.29, 0.717) is 13.2 Å². The van der Waals surface area contributed by atoms with E-state index in [0.717, 1.165) is 0 Å². The topological polar surface area (TPSA) is 84.4 Å². The summed E-state index contributed by atoms with van der Waals surface area (Å²) in [6.45, 7) is 2.77. The maximum Gasteiger partial charge on any atom is 0.232 e. The van der Waals surface area contributed by atoms with Crippen molar-refractivity contribution < 1.29 is 14.3 Å². The van der Waals surface area contributed by atoms with E-state index in [9.17, 15) is 9.59 Å². The molecular weight excluding hydrogens is 260 g/mol. The minimum atomic E-state index is -0.370. The van der Waals surface area contributed by atoms with Crippen molar-refractivity contribution in [2.45, 2.75) is 19.4 Å². The third kappa shape index (κ3) is 3.30. The highest BCUT2D eigenvalue weighted by Crippen LogP contribution is 2.21. The first kappa shape index (κ1) is 14.4. The molecule has 20 heavy (non-hydrogen) atoms. The summed E-state index contributed by atoms with van der Waals surface area (Å²) in [5, 5.41) is 2.62. The van der Waals surface area contributed by atoms with E-state index < -0.39 is 0 Å². The van der Waals surface area contributed by atoms with E-state index in [1.807, 2.05) is 6.92 Å². The van der Waals surface area contributed by atoms with E-state index in [1.54, 1.807) is 30.5 Å². The molecule has 1 aliphatic rings. The van der Waals surface area contributed by atoms with Gasteiger partial charge in [-0.1, -0.05) is 0 Å². The largest absolute Gasteiger partial charge is 0.383 e. The fraction of sp³-hybridized carbons (Fsp3) is 0.538. The number of carbonyl (C=O) groups excluding carboxylic acids is 2. The molecule has 2 heterocycles. The molecule has 0 radical (unpaired) electrons. The molecule has 0 saturated carbocycles. The van der Waals surface area contributed by atoms with Crippen LogP contribution in [0.25, 0.3) is 0 Å². The second-order valence-corrected chi connectivity index (χ2v) is 4.81. The standard InChI is InChI=1S/C13H18N4O3/c1-9(8-20-2)17-7-10(6-11(17)18)12(19)16-13-14-4-3-5-15-13/h3-5,9-10H,6-8H2,1-2H3,(H,14,15,16,19)/t9-,10+/m1/s1. The fourth-order valence-corrected chi connectivity index (χ4v) is 2.24. The molecule has 0 aliphatic carbocycles. The molecule has 1 aliphatic heterocycles. The van der Waals surface area contributed by atoms with Gasteiger partial charge in [-0.05, 0) is 13.0 Å². The molecule has 108 valence electrons. The number of carbonyl (C=O) groups is 2. The number of hydrogen-bond acceptors (Lipinski definition) is 5. The number of rotatable bonds is 5. The number of aromatic nitrogens is 2. The van der Waals surface area contributed by atoms with Crippen molar-refractivity contribution in [3.05, 3.63) is 18.5 Å². The van der Waals surface area contributed by atoms with Crippen molar-refractivity contribution in [3.63, 3.8) is 0 Å². The highest BCUT2D eigenvalue weighted by atomic mass is 16.5. The summed E-state index contributed by atoms with van der Waals surface area (Å²) in [4.78, 5) is 33.5. The van der Waals surface area contributed by atoms with Crippen LogP contribution in [0.2, 0.25) is 0 Å². The number of hydrogen-bond donors (Lipinski definition) is 1. The lowest BCUT2D eigenvalue weighted by molar-refractivity contribution is -0.130. The molecule has 2 rings (SSSR count). The highest BCUT2D eigenvalue weighted by Gasteiger charge is 2.36. The lowest BCUT2D eigenvalue weighted by Gasteiger charge is -2.23. The molecule has 7 heteroatoms. The Morgan fingerprint density at radius 2 is 2.25 bits per heavy atom. The molecule has 2 amide bonds. The molecule has 1 fully saturated rings. The zero-order chi connectivity index (χ0) is 14.5. The van der Waals surface area contributed by atoms with Gasteiger partial charge >= 0.3 is 0 Å². The van der Waals surface area contributed by atoms with Gasteiger partial charge in [0.25, 0.3) is 0 Å². The lowest BCUT2D eigenvalue weighted by atomic mass is 10.1. The van der Waals surface area contributed by atoms with Gasteiger partial charge in [0.1, 0.15) is 0 Å². The summed E-state index contributed by atoms with van der Waals surface area (Å²) in [6, 6.07) is 1.64. The van der Waals surface area contributed by atoms with E-state index in [4.69, 9.17) is 4.74 Å². The van der Waals surface area contributed by atoms with Crippen molar-refractivity contribution in [2.75, 3.05) is 25.6 Å². The molecular formula is C13H18N4O3. The van der Waals surface area contributed by atoms with Crippen LogP contribution in [0.3, 0.4) is 0 Å². The van der Waals surface area contributed by atoms with Crippen LogP contribution in [-0.4, -0.2) is 53.0 Å². The van der Waals surface area contributed by atoms with Gasteiger partial charge < -0.3 is 9.64 Å². The summed E-state index contributed by atoms with van der Waals surface area (Å²) >= 11 is 0. The van der Waals surface area contributed by atoms with Gasteiger partial charge in [-0.15, -0.1) is 0 Å². The van der Waals surface area contributed by atoms with Gasteiger partial charge in [-0.2, -0.15) is 0 Å². The van der Waals surface area contributed by atoms with Crippen LogP contribution < -0.4 is 5.32 Å². The summed E-state index contributed by atoms with van der Waals surface area (Å²) in [5.41, 5.74) is 0. The number of amides is 2. The molecule has 1 saturated heterocycles. The molecule has 1 aromatic heterocycles. The van der Waals surface area contributed by atoms with Crippen molar-refractivity contribution in [1.29, 1.82) is 0 Å². The van der Waals surface area contributed by atoms with Gasteiger partial charge in [0, 0.05) is 32.5 Å². The number of nitrogens with zero attached hydrogens (tertiary/aromatic N) is 3. The van der Waals surface area contributed by atoms with Crippen LogP contribution in [0, 0.1) is 5.92 Å². The Bertz CT molecular complexity index is 480. The predicted octanol–water partition coefficient (Wildman–Crippen LogP) is 0.299. The zero-order valence-corrected chi connectivity index (χ0v) is 11.6. The van der Waals surface area contributed by atoms with Crippen molar-refractivity contribution in [3.8, 4) is 0 Å². The van der Waals surface area contributed by atoms with E-state index in [1.165, 1.54) is 0 Å². The number of nitrogens with one attached hydrogen (secondary N) is 1. The maximum atomic E-state index is 12.1. The van der Waals surface area contributed by atoms with Gasteiger partial charge in [-0.3, -0.25) is 14.9 Å². The average Bonchev–Trinajstić information content (AvgIpc) is 2.82. The summed E-state index contributed by atoms with van der Waals surface area (Å²) < 4.78 is 5.04. The van der Waals surface area contributed by atoms with Crippen LogP contribution in [0.4, 0.5) is 5.95 Å². The smallest absolute Gasteiger partial charge is 0.232 e. The Morgan fingerprint density at radius 3 is 2.90 bits per heavy atom. The van der Waals surface area contributed by atoms with Gasteiger partial charge in [0.15, 0.2) is 0 Å². The molecule has 0 unspecified atom stereocenters. The molecule has 1 aromatic rings.